The van der Waals surface area contributed by atoms with E-state index in [9.17, 15) is 4.79 Å². The Hall–Kier alpha value is -0.320. The molecule has 3 atom stereocenters. The summed E-state index contributed by atoms with van der Waals surface area (Å²) < 4.78 is 0. The Labute approximate surface area is 128 Å². The molecule has 0 aromatic carbocycles. The van der Waals surface area contributed by atoms with Crippen LogP contribution in [-0.4, -0.2) is 54.0 Å². The van der Waals surface area contributed by atoms with Crippen LogP contribution >= 0.6 is 12.4 Å². The van der Waals surface area contributed by atoms with E-state index in [4.69, 9.17) is 5.73 Å². The predicted octanol–water partition coefficient (Wildman–Crippen LogP) is 1.62. The van der Waals surface area contributed by atoms with Gasteiger partial charge in [-0.3, -0.25) is 9.69 Å². The molecule has 2 unspecified atom stereocenters. The van der Waals surface area contributed by atoms with Gasteiger partial charge >= 0.3 is 0 Å². The lowest BCUT2D eigenvalue weighted by molar-refractivity contribution is -0.138. The van der Waals surface area contributed by atoms with Gasteiger partial charge in [0.15, 0.2) is 0 Å². The third-order valence-corrected chi connectivity index (χ3v) is 5.23. The van der Waals surface area contributed by atoms with E-state index < -0.39 is 0 Å². The van der Waals surface area contributed by atoms with Crippen molar-refractivity contribution in [1.82, 2.24) is 9.80 Å². The van der Waals surface area contributed by atoms with Gasteiger partial charge in [0.05, 0.1) is 6.54 Å². The first-order valence-corrected chi connectivity index (χ1v) is 8.01. The Kier molecular flexibility index (Phi) is 5.70. The van der Waals surface area contributed by atoms with Crippen molar-refractivity contribution in [2.75, 3.05) is 26.2 Å². The maximum atomic E-state index is 12.6. The molecule has 1 amide bonds. The largest absolute Gasteiger partial charge is 0.338 e. The van der Waals surface area contributed by atoms with Gasteiger partial charge < -0.3 is 10.6 Å². The first kappa shape index (κ1) is 16.1. The zero-order valence-corrected chi connectivity index (χ0v) is 13.1. The highest BCUT2D eigenvalue weighted by Crippen LogP contribution is 2.35. The van der Waals surface area contributed by atoms with Crippen molar-refractivity contribution in [2.24, 2.45) is 11.7 Å². The molecule has 0 aromatic heterocycles. The predicted molar refractivity (Wildman–Crippen MR) is 83.0 cm³/mol. The summed E-state index contributed by atoms with van der Waals surface area (Å²) in [6.07, 6.45) is 8.82. The van der Waals surface area contributed by atoms with Gasteiger partial charge in [0.25, 0.3) is 0 Å². The number of carbonyl (C=O) groups excluding carboxylic acids is 1. The van der Waals surface area contributed by atoms with E-state index >= 15 is 0 Å². The zero-order valence-electron chi connectivity index (χ0n) is 12.3. The Morgan fingerprint density at radius 3 is 2.55 bits per heavy atom. The number of nitrogens with zero attached hydrogens (tertiary/aromatic N) is 2. The van der Waals surface area contributed by atoms with E-state index in [0.717, 1.165) is 32.0 Å². The van der Waals surface area contributed by atoms with E-state index in [0.29, 0.717) is 18.5 Å². The summed E-state index contributed by atoms with van der Waals surface area (Å²) in [4.78, 5) is 17.0. The number of likely N-dealkylation sites (tertiary alicyclic amines) is 2. The van der Waals surface area contributed by atoms with Crippen molar-refractivity contribution in [3.8, 4) is 0 Å². The molecule has 3 rings (SSSR count). The molecule has 0 bridgehead atoms. The lowest BCUT2D eigenvalue weighted by Crippen LogP contribution is -2.52. The van der Waals surface area contributed by atoms with Crippen molar-refractivity contribution in [3.05, 3.63) is 0 Å². The Bertz CT molecular complexity index is 337. The monoisotopic (exact) mass is 301 g/mol. The van der Waals surface area contributed by atoms with E-state index in [2.05, 4.69) is 9.80 Å². The summed E-state index contributed by atoms with van der Waals surface area (Å²) in [5.74, 6) is 1.14. The second kappa shape index (κ2) is 7.10. The van der Waals surface area contributed by atoms with Gasteiger partial charge in [0, 0.05) is 31.7 Å². The molecule has 116 valence electrons. The minimum absolute atomic E-state index is 0. The molecule has 1 aliphatic carbocycles. The topological polar surface area (TPSA) is 49.6 Å². The fourth-order valence-electron chi connectivity index (χ4n) is 4.22. The van der Waals surface area contributed by atoms with Gasteiger partial charge in [-0.15, -0.1) is 12.4 Å². The number of hydrogen-bond acceptors (Lipinski definition) is 3. The number of hydrogen-bond donors (Lipinski definition) is 1. The fraction of sp³-hybridized carbons (Fsp3) is 0.933. The summed E-state index contributed by atoms with van der Waals surface area (Å²) in [7, 11) is 0. The minimum atomic E-state index is 0. The van der Waals surface area contributed by atoms with Crippen molar-refractivity contribution in [2.45, 2.75) is 57.0 Å². The maximum absolute atomic E-state index is 12.6. The summed E-state index contributed by atoms with van der Waals surface area (Å²) in [6.45, 7) is 3.47. The molecule has 4 nitrogen and oxygen atoms in total. The third-order valence-electron chi connectivity index (χ3n) is 5.23. The molecule has 20 heavy (non-hydrogen) atoms. The molecule has 2 heterocycles. The average Bonchev–Trinajstić information content (AvgIpc) is 2.83. The zero-order chi connectivity index (χ0) is 13.2. The Morgan fingerprint density at radius 2 is 1.80 bits per heavy atom. The molecule has 5 heteroatoms. The molecular formula is C15H28ClN3O. The summed E-state index contributed by atoms with van der Waals surface area (Å²) >= 11 is 0. The maximum Gasteiger partial charge on any atom is 0.237 e. The van der Waals surface area contributed by atoms with Gasteiger partial charge in [0.1, 0.15) is 0 Å². The molecule has 0 spiro atoms. The highest BCUT2D eigenvalue weighted by Gasteiger charge is 2.36. The first-order valence-electron chi connectivity index (χ1n) is 8.01. The SMILES string of the molecule is Cl.N[C@@H]1CCN(CC(=O)N2CCCC3CCCCC32)C1. The smallest absolute Gasteiger partial charge is 0.237 e. The Balaban J connectivity index is 0.00000147. The molecule has 0 radical (unpaired) electrons. The van der Waals surface area contributed by atoms with E-state index in [1.54, 1.807) is 0 Å². The number of carbonyl (C=O) groups is 1. The third kappa shape index (κ3) is 3.46. The van der Waals surface area contributed by atoms with Crippen LogP contribution in [-0.2, 0) is 4.79 Å². The standard InChI is InChI=1S/C15H27N3O.ClH/c16-13-7-9-17(10-13)11-15(19)18-8-3-5-12-4-1-2-6-14(12)18;/h12-14H,1-11,16H2;1H/t12?,13-,14?;/m1./s1. The molecule has 2 saturated heterocycles. The number of nitrogens with two attached hydrogens (primary N) is 1. The normalized spacial score (nSPS) is 34.5. The first-order chi connectivity index (χ1) is 9.24. The van der Waals surface area contributed by atoms with Crippen molar-refractivity contribution in [1.29, 1.82) is 0 Å². The van der Waals surface area contributed by atoms with Gasteiger partial charge in [-0.2, -0.15) is 0 Å². The molecular weight excluding hydrogens is 274 g/mol. The van der Waals surface area contributed by atoms with Crippen LogP contribution in [0.2, 0.25) is 0 Å². The number of fused-ring (bicyclic) bond motifs is 1. The average molecular weight is 302 g/mol. The van der Waals surface area contributed by atoms with Gasteiger partial charge in [-0.05, 0) is 38.0 Å². The number of piperidine rings is 1. The summed E-state index contributed by atoms with van der Waals surface area (Å²) in [5, 5.41) is 0. The number of amides is 1. The molecule has 2 aliphatic heterocycles. The van der Waals surface area contributed by atoms with Crippen LogP contribution in [0.5, 0.6) is 0 Å². The van der Waals surface area contributed by atoms with Gasteiger partial charge in [0.2, 0.25) is 5.91 Å². The van der Waals surface area contributed by atoms with Crippen molar-refractivity contribution < 1.29 is 4.79 Å². The molecule has 2 N–H and O–H groups in total. The second-order valence-electron chi connectivity index (χ2n) is 6.63. The van der Waals surface area contributed by atoms with Gasteiger partial charge in [-0.1, -0.05) is 12.8 Å². The van der Waals surface area contributed by atoms with Crippen LogP contribution in [0.4, 0.5) is 0 Å². The van der Waals surface area contributed by atoms with Crippen molar-refractivity contribution >= 4 is 18.3 Å². The summed E-state index contributed by atoms with van der Waals surface area (Å²) in [6, 6.07) is 0.822. The molecule has 3 fully saturated rings. The molecule has 0 aromatic rings. The highest BCUT2D eigenvalue weighted by molar-refractivity contribution is 5.85. The van der Waals surface area contributed by atoms with Crippen molar-refractivity contribution in [3.63, 3.8) is 0 Å². The molecule has 1 saturated carbocycles. The number of rotatable bonds is 2. The van der Waals surface area contributed by atoms with Crippen LogP contribution in [0.1, 0.15) is 44.9 Å². The van der Waals surface area contributed by atoms with E-state index in [1.165, 1.54) is 38.5 Å². The van der Waals surface area contributed by atoms with Crippen LogP contribution in [0.15, 0.2) is 0 Å². The lowest BCUT2D eigenvalue weighted by Gasteiger charge is -2.44. The Morgan fingerprint density at radius 1 is 1.05 bits per heavy atom. The highest BCUT2D eigenvalue weighted by atomic mass is 35.5. The lowest BCUT2D eigenvalue weighted by atomic mass is 9.78. The number of halogens is 1. The fourth-order valence-corrected chi connectivity index (χ4v) is 4.22. The summed E-state index contributed by atoms with van der Waals surface area (Å²) in [5.41, 5.74) is 5.92. The van der Waals surface area contributed by atoms with E-state index in [1.807, 2.05) is 0 Å². The van der Waals surface area contributed by atoms with Crippen LogP contribution in [0, 0.1) is 5.92 Å². The van der Waals surface area contributed by atoms with Crippen LogP contribution < -0.4 is 5.73 Å². The second-order valence-corrected chi connectivity index (χ2v) is 6.63. The quantitative estimate of drug-likeness (QED) is 0.843. The van der Waals surface area contributed by atoms with Crippen LogP contribution in [0.3, 0.4) is 0 Å². The van der Waals surface area contributed by atoms with Crippen LogP contribution in [0.25, 0.3) is 0 Å². The minimum Gasteiger partial charge on any atom is -0.338 e. The van der Waals surface area contributed by atoms with Gasteiger partial charge in [-0.25, -0.2) is 0 Å². The van der Waals surface area contributed by atoms with E-state index in [-0.39, 0.29) is 18.4 Å². The molecule has 3 aliphatic rings.